The Labute approximate surface area is 125 Å². The van der Waals surface area contributed by atoms with E-state index in [9.17, 15) is 14.7 Å². The SMILES string of the molecule is CCOC(=O)[C@]1(C(=O)O)C[C@H]1c1cc(OC)ccc1Br. The van der Waals surface area contributed by atoms with Crippen LogP contribution in [0.4, 0.5) is 0 Å². The number of methoxy groups -OCH3 is 1. The fraction of sp³-hybridized carbons (Fsp3) is 0.429. The van der Waals surface area contributed by atoms with Gasteiger partial charge in [-0.25, -0.2) is 0 Å². The van der Waals surface area contributed by atoms with Gasteiger partial charge in [-0.15, -0.1) is 0 Å². The third-order valence-corrected chi connectivity index (χ3v) is 4.28. The topological polar surface area (TPSA) is 72.8 Å². The Morgan fingerprint density at radius 1 is 1.50 bits per heavy atom. The normalized spacial score (nSPS) is 24.1. The summed E-state index contributed by atoms with van der Waals surface area (Å²) in [6.07, 6.45) is 0.243. The number of hydrogen-bond acceptors (Lipinski definition) is 4. The number of halogens is 1. The molecule has 6 heteroatoms. The van der Waals surface area contributed by atoms with Gasteiger partial charge in [-0.2, -0.15) is 0 Å². The van der Waals surface area contributed by atoms with Crippen LogP contribution >= 0.6 is 15.9 Å². The van der Waals surface area contributed by atoms with E-state index in [0.29, 0.717) is 5.75 Å². The Hall–Kier alpha value is -1.56. The fourth-order valence-corrected chi connectivity index (χ4v) is 2.89. The number of ether oxygens (including phenoxy) is 2. The number of carboxylic acids is 1. The van der Waals surface area contributed by atoms with Gasteiger partial charge in [-0.1, -0.05) is 15.9 Å². The van der Waals surface area contributed by atoms with Gasteiger partial charge < -0.3 is 14.6 Å². The van der Waals surface area contributed by atoms with E-state index in [-0.39, 0.29) is 13.0 Å². The van der Waals surface area contributed by atoms with Crippen molar-refractivity contribution in [2.24, 2.45) is 5.41 Å². The first-order valence-electron chi connectivity index (χ1n) is 6.21. The lowest BCUT2D eigenvalue weighted by Crippen LogP contribution is -2.29. The van der Waals surface area contributed by atoms with Crippen LogP contribution in [0.1, 0.15) is 24.8 Å². The number of benzene rings is 1. The molecular weight excluding hydrogens is 328 g/mol. The molecule has 2 rings (SSSR count). The zero-order valence-electron chi connectivity index (χ0n) is 11.2. The lowest BCUT2D eigenvalue weighted by molar-refractivity contribution is -0.161. The van der Waals surface area contributed by atoms with Gasteiger partial charge in [-0.3, -0.25) is 9.59 Å². The quantitative estimate of drug-likeness (QED) is 0.657. The summed E-state index contributed by atoms with van der Waals surface area (Å²) in [5, 5.41) is 9.40. The second-order valence-electron chi connectivity index (χ2n) is 4.64. The van der Waals surface area contributed by atoms with Crippen LogP contribution in [-0.2, 0) is 14.3 Å². The maximum Gasteiger partial charge on any atom is 0.324 e. The average molecular weight is 343 g/mol. The van der Waals surface area contributed by atoms with E-state index in [1.54, 1.807) is 25.1 Å². The Bertz CT molecular complexity index is 556. The minimum Gasteiger partial charge on any atom is -0.497 e. The van der Waals surface area contributed by atoms with Crippen molar-refractivity contribution in [2.45, 2.75) is 19.3 Å². The summed E-state index contributed by atoms with van der Waals surface area (Å²) < 4.78 is 10.8. The van der Waals surface area contributed by atoms with E-state index in [1.165, 1.54) is 7.11 Å². The number of esters is 1. The van der Waals surface area contributed by atoms with Crippen molar-refractivity contribution in [2.75, 3.05) is 13.7 Å². The molecule has 1 aliphatic rings. The Morgan fingerprint density at radius 2 is 2.20 bits per heavy atom. The second kappa shape index (κ2) is 5.44. The Morgan fingerprint density at radius 3 is 2.75 bits per heavy atom. The van der Waals surface area contributed by atoms with E-state index >= 15 is 0 Å². The molecule has 1 aromatic rings. The molecule has 1 aliphatic carbocycles. The highest BCUT2D eigenvalue weighted by atomic mass is 79.9. The zero-order chi connectivity index (χ0) is 14.9. The lowest BCUT2D eigenvalue weighted by atomic mass is 9.99. The summed E-state index contributed by atoms with van der Waals surface area (Å²) in [4.78, 5) is 23.5. The standard InChI is InChI=1S/C14H15BrO5/c1-3-20-13(18)14(12(16)17)7-10(14)9-6-8(19-2)4-5-11(9)15/h4-6,10H,3,7H2,1-2H3,(H,16,17)/t10-,14+/m0/s1. The number of carbonyl (C=O) groups excluding carboxylic acids is 1. The molecule has 0 amide bonds. The number of rotatable bonds is 5. The molecule has 1 saturated carbocycles. The van der Waals surface area contributed by atoms with E-state index in [0.717, 1.165) is 10.0 Å². The van der Waals surface area contributed by atoms with Crippen molar-refractivity contribution in [3.63, 3.8) is 0 Å². The van der Waals surface area contributed by atoms with Crippen LogP contribution in [0.5, 0.6) is 5.75 Å². The second-order valence-corrected chi connectivity index (χ2v) is 5.50. The Balaban J connectivity index is 2.36. The summed E-state index contributed by atoms with van der Waals surface area (Å²) >= 11 is 3.39. The van der Waals surface area contributed by atoms with Crippen molar-refractivity contribution in [3.8, 4) is 5.75 Å². The van der Waals surface area contributed by atoms with Crippen molar-refractivity contribution >= 4 is 27.9 Å². The van der Waals surface area contributed by atoms with Crippen LogP contribution in [0.2, 0.25) is 0 Å². The highest BCUT2D eigenvalue weighted by Crippen LogP contribution is 2.61. The maximum atomic E-state index is 12.0. The smallest absolute Gasteiger partial charge is 0.324 e. The number of carbonyl (C=O) groups is 2. The molecule has 5 nitrogen and oxygen atoms in total. The van der Waals surface area contributed by atoms with Crippen LogP contribution in [0.15, 0.2) is 22.7 Å². The molecular formula is C14H15BrO5. The van der Waals surface area contributed by atoms with Gasteiger partial charge in [0.05, 0.1) is 13.7 Å². The van der Waals surface area contributed by atoms with Crippen molar-refractivity contribution in [1.29, 1.82) is 0 Å². The van der Waals surface area contributed by atoms with Gasteiger partial charge in [0.2, 0.25) is 0 Å². The monoisotopic (exact) mass is 342 g/mol. The van der Waals surface area contributed by atoms with Gasteiger partial charge in [0, 0.05) is 10.4 Å². The molecule has 2 atom stereocenters. The molecule has 0 aromatic heterocycles. The highest BCUT2D eigenvalue weighted by Gasteiger charge is 2.68. The third kappa shape index (κ3) is 2.28. The molecule has 20 heavy (non-hydrogen) atoms. The maximum absolute atomic E-state index is 12.0. The molecule has 0 saturated heterocycles. The fourth-order valence-electron chi connectivity index (χ4n) is 2.36. The van der Waals surface area contributed by atoms with Crippen molar-refractivity contribution in [3.05, 3.63) is 28.2 Å². The highest BCUT2D eigenvalue weighted by molar-refractivity contribution is 9.10. The summed E-state index contributed by atoms with van der Waals surface area (Å²) in [7, 11) is 1.54. The van der Waals surface area contributed by atoms with Gasteiger partial charge in [0.15, 0.2) is 5.41 Å². The molecule has 108 valence electrons. The van der Waals surface area contributed by atoms with E-state index < -0.39 is 23.3 Å². The Kier molecular flexibility index (Phi) is 4.04. The molecule has 0 radical (unpaired) electrons. The van der Waals surface area contributed by atoms with Crippen molar-refractivity contribution in [1.82, 2.24) is 0 Å². The lowest BCUT2D eigenvalue weighted by Gasteiger charge is -2.13. The molecule has 0 spiro atoms. The van der Waals surface area contributed by atoms with Crippen LogP contribution < -0.4 is 4.74 Å². The molecule has 1 aromatic carbocycles. The van der Waals surface area contributed by atoms with E-state index in [2.05, 4.69) is 15.9 Å². The predicted molar refractivity (Wildman–Crippen MR) is 74.8 cm³/mol. The number of hydrogen-bond donors (Lipinski definition) is 1. The average Bonchev–Trinajstić information content (AvgIpc) is 3.16. The third-order valence-electron chi connectivity index (χ3n) is 3.56. The molecule has 0 heterocycles. The van der Waals surface area contributed by atoms with Crippen LogP contribution in [0.25, 0.3) is 0 Å². The van der Waals surface area contributed by atoms with E-state index in [4.69, 9.17) is 9.47 Å². The van der Waals surface area contributed by atoms with E-state index in [1.807, 2.05) is 0 Å². The largest absolute Gasteiger partial charge is 0.497 e. The minimum atomic E-state index is -1.47. The molecule has 0 aliphatic heterocycles. The summed E-state index contributed by atoms with van der Waals surface area (Å²) in [5.74, 6) is -1.59. The predicted octanol–water partition coefficient (Wildman–Crippen LogP) is 2.58. The zero-order valence-corrected chi connectivity index (χ0v) is 12.8. The summed E-state index contributed by atoms with van der Waals surface area (Å²) in [6, 6.07) is 5.30. The summed E-state index contributed by atoms with van der Waals surface area (Å²) in [5.41, 5.74) is -0.718. The minimum absolute atomic E-state index is 0.167. The van der Waals surface area contributed by atoms with Crippen LogP contribution in [0, 0.1) is 5.41 Å². The van der Waals surface area contributed by atoms with Crippen molar-refractivity contribution < 1.29 is 24.2 Å². The van der Waals surface area contributed by atoms with Gasteiger partial charge in [0.25, 0.3) is 0 Å². The summed E-state index contributed by atoms with van der Waals surface area (Å²) in [6.45, 7) is 1.83. The number of carboxylic acid groups (broad SMARTS) is 1. The van der Waals surface area contributed by atoms with Gasteiger partial charge in [-0.05, 0) is 37.1 Å². The molecule has 1 N–H and O–H groups in total. The molecule has 0 unspecified atom stereocenters. The van der Waals surface area contributed by atoms with Crippen LogP contribution in [-0.4, -0.2) is 30.8 Å². The van der Waals surface area contributed by atoms with Crippen LogP contribution in [0.3, 0.4) is 0 Å². The molecule has 0 bridgehead atoms. The molecule has 1 fully saturated rings. The number of aliphatic carboxylic acids is 1. The first-order chi connectivity index (χ1) is 9.47. The van der Waals surface area contributed by atoms with Gasteiger partial charge >= 0.3 is 11.9 Å². The first-order valence-corrected chi connectivity index (χ1v) is 7.00. The first kappa shape index (κ1) is 14.8. The van der Waals surface area contributed by atoms with Gasteiger partial charge in [0.1, 0.15) is 5.75 Å².